The van der Waals surface area contributed by atoms with E-state index in [1.165, 1.54) is 30.3 Å². The minimum Gasteiger partial charge on any atom is -0.486 e. The third-order valence-corrected chi connectivity index (χ3v) is 4.40. The van der Waals surface area contributed by atoms with Crippen LogP contribution in [0.5, 0.6) is 17.2 Å². The van der Waals surface area contributed by atoms with Crippen molar-refractivity contribution in [3.63, 3.8) is 0 Å². The van der Waals surface area contributed by atoms with Crippen molar-refractivity contribution in [2.45, 2.75) is 19.6 Å². The highest BCUT2D eigenvalue weighted by Crippen LogP contribution is 2.32. The first-order valence-corrected chi connectivity index (χ1v) is 9.13. The van der Waals surface area contributed by atoms with E-state index in [1.807, 2.05) is 25.1 Å². The van der Waals surface area contributed by atoms with Gasteiger partial charge in [0.15, 0.2) is 23.0 Å². The van der Waals surface area contributed by atoms with Gasteiger partial charge in [0.25, 0.3) is 5.91 Å². The molecule has 0 aliphatic carbocycles. The van der Waals surface area contributed by atoms with Crippen molar-refractivity contribution in [1.29, 1.82) is 0 Å². The molecule has 1 aliphatic rings. The summed E-state index contributed by atoms with van der Waals surface area (Å²) >= 11 is 0. The fourth-order valence-electron chi connectivity index (χ4n) is 2.86. The highest BCUT2D eigenvalue weighted by atomic mass is 19.1. The zero-order valence-electron chi connectivity index (χ0n) is 15.7. The number of hydrogen-bond donors (Lipinski definition) is 1. The summed E-state index contributed by atoms with van der Waals surface area (Å²) < 4.78 is 34.6. The largest absolute Gasteiger partial charge is 0.486 e. The van der Waals surface area contributed by atoms with Gasteiger partial charge in [0.05, 0.1) is 6.04 Å². The summed E-state index contributed by atoms with van der Waals surface area (Å²) in [5.74, 6) is 1.51. The topological polar surface area (TPSA) is 82.8 Å². The molecule has 150 valence electrons. The maximum absolute atomic E-state index is 12.9. The molecule has 1 N–H and O–H groups in total. The molecule has 0 spiro atoms. The Morgan fingerprint density at radius 3 is 2.69 bits per heavy atom. The molecule has 1 aromatic heterocycles. The molecule has 2 aromatic carbocycles. The van der Waals surface area contributed by atoms with E-state index in [-0.39, 0.29) is 30.1 Å². The van der Waals surface area contributed by atoms with E-state index in [0.29, 0.717) is 36.2 Å². The van der Waals surface area contributed by atoms with Crippen LogP contribution in [-0.4, -0.2) is 24.3 Å². The Morgan fingerprint density at radius 1 is 1.14 bits per heavy atom. The van der Waals surface area contributed by atoms with Crippen molar-refractivity contribution in [2.24, 2.45) is 0 Å². The van der Waals surface area contributed by atoms with Gasteiger partial charge in [-0.2, -0.15) is 0 Å². The zero-order chi connectivity index (χ0) is 20.2. The molecule has 0 fully saturated rings. The predicted molar refractivity (Wildman–Crippen MR) is 101 cm³/mol. The molecule has 4 rings (SSSR count). The average molecular weight is 398 g/mol. The molecule has 0 unspecified atom stereocenters. The van der Waals surface area contributed by atoms with Crippen LogP contribution in [0.15, 0.2) is 53.1 Å². The average Bonchev–Trinajstić information content (AvgIpc) is 3.22. The molecular formula is C21H19FN2O5. The highest BCUT2D eigenvalue weighted by Gasteiger charge is 2.18. The summed E-state index contributed by atoms with van der Waals surface area (Å²) in [6, 6.07) is 12.4. The van der Waals surface area contributed by atoms with Gasteiger partial charge in [-0.25, -0.2) is 4.39 Å². The molecular weight excluding hydrogens is 379 g/mol. The van der Waals surface area contributed by atoms with E-state index in [0.717, 1.165) is 5.56 Å². The van der Waals surface area contributed by atoms with Crippen molar-refractivity contribution in [2.75, 3.05) is 13.2 Å². The van der Waals surface area contributed by atoms with Gasteiger partial charge in [-0.1, -0.05) is 11.2 Å². The summed E-state index contributed by atoms with van der Waals surface area (Å²) in [4.78, 5) is 12.5. The van der Waals surface area contributed by atoms with Crippen molar-refractivity contribution >= 4 is 5.91 Å². The number of halogens is 1. The van der Waals surface area contributed by atoms with Crippen molar-refractivity contribution < 1.29 is 27.9 Å². The summed E-state index contributed by atoms with van der Waals surface area (Å²) in [5, 5.41) is 6.66. The molecule has 0 radical (unpaired) electrons. The van der Waals surface area contributed by atoms with Crippen LogP contribution in [-0.2, 0) is 6.61 Å². The lowest BCUT2D eigenvalue weighted by molar-refractivity contribution is 0.0930. The SMILES string of the molecule is C[C@@H](NC(=O)c1cc(COc2ccc(F)cc2)on1)c1ccc2c(c1)OCCO2. The van der Waals surface area contributed by atoms with Crippen LogP contribution >= 0.6 is 0 Å². The number of fused-ring (bicyclic) bond motifs is 1. The van der Waals surface area contributed by atoms with Gasteiger partial charge in [0, 0.05) is 6.07 Å². The zero-order valence-corrected chi connectivity index (χ0v) is 15.7. The summed E-state index contributed by atoms with van der Waals surface area (Å²) in [6.07, 6.45) is 0. The monoisotopic (exact) mass is 398 g/mol. The smallest absolute Gasteiger partial charge is 0.273 e. The van der Waals surface area contributed by atoms with Crippen molar-refractivity contribution in [3.05, 3.63) is 71.4 Å². The molecule has 8 heteroatoms. The lowest BCUT2D eigenvalue weighted by atomic mass is 10.1. The van der Waals surface area contributed by atoms with Crippen LogP contribution in [0.3, 0.4) is 0 Å². The number of ether oxygens (including phenoxy) is 3. The molecule has 29 heavy (non-hydrogen) atoms. The fraction of sp³-hybridized carbons (Fsp3) is 0.238. The fourth-order valence-corrected chi connectivity index (χ4v) is 2.86. The minimum absolute atomic E-state index is 0.0730. The number of carbonyl (C=O) groups is 1. The molecule has 7 nitrogen and oxygen atoms in total. The van der Waals surface area contributed by atoms with Gasteiger partial charge in [-0.05, 0) is 48.9 Å². The quantitative estimate of drug-likeness (QED) is 0.682. The van der Waals surface area contributed by atoms with Gasteiger partial charge in [-0.3, -0.25) is 4.79 Å². The van der Waals surface area contributed by atoms with Crippen LogP contribution < -0.4 is 19.5 Å². The molecule has 3 aromatic rings. The Labute approximate surface area is 166 Å². The first-order chi connectivity index (χ1) is 14.1. The van der Waals surface area contributed by atoms with Gasteiger partial charge in [0.2, 0.25) is 0 Å². The van der Waals surface area contributed by atoms with Crippen LogP contribution in [0.4, 0.5) is 4.39 Å². The Balaban J connectivity index is 1.35. The standard InChI is InChI=1S/C21H19FN2O5/c1-13(14-2-7-19-20(10-14)27-9-8-26-19)23-21(25)18-11-17(29-24-18)12-28-16-5-3-15(22)4-6-16/h2-7,10-11,13H,8-9,12H2,1H3,(H,23,25)/t13-/m1/s1. The van der Waals surface area contributed by atoms with Gasteiger partial charge >= 0.3 is 0 Å². The lowest BCUT2D eigenvalue weighted by Gasteiger charge is -2.20. The third-order valence-electron chi connectivity index (χ3n) is 4.40. The number of rotatable bonds is 6. The number of amides is 1. The maximum atomic E-state index is 12.9. The summed E-state index contributed by atoms with van der Waals surface area (Å²) in [5.41, 5.74) is 1.03. The second-order valence-corrected chi connectivity index (χ2v) is 6.52. The number of nitrogens with zero attached hydrogens (tertiary/aromatic N) is 1. The van der Waals surface area contributed by atoms with E-state index in [2.05, 4.69) is 10.5 Å². The molecule has 1 aliphatic heterocycles. The molecule has 2 heterocycles. The molecule has 0 saturated carbocycles. The van der Waals surface area contributed by atoms with E-state index in [1.54, 1.807) is 0 Å². The van der Waals surface area contributed by atoms with Crippen molar-refractivity contribution in [3.8, 4) is 17.2 Å². The number of benzene rings is 2. The Kier molecular flexibility index (Phi) is 5.33. The van der Waals surface area contributed by atoms with Gasteiger partial charge in [-0.15, -0.1) is 0 Å². The Bertz CT molecular complexity index is 1000. The maximum Gasteiger partial charge on any atom is 0.273 e. The first-order valence-electron chi connectivity index (χ1n) is 9.13. The predicted octanol–water partition coefficient (Wildman–Crippen LogP) is 3.65. The molecule has 0 saturated heterocycles. The normalized spacial score (nSPS) is 13.6. The van der Waals surface area contributed by atoms with Crippen LogP contribution in [0, 0.1) is 5.82 Å². The minimum atomic E-state index is -0.371. The van der Waals surface area contributed by atoms with E-state index >= 15 is 0 Å². The Morgan fingerprint density at radius 2 is 1.90 bits per heavy atom. The highest BCUT2D eigenvalue weighted by molar-refractivity contribution is 5.92. The second kappa shape index (κ2) is 8.22. The first kappa shape index (κ1) is 18.8. The second-order valence-electron chi connectivity index (χ2n) is 6.52. The molecule has 0 bridgehead atoms. The number of carbonyl (C=O) groups excluding carboxylic acids is 1. The molecule has 1 amide bonds. The third kappa shape index (κ3) is 4.48. The van der Waals surface area contributed by atoms with E-state index in [9.17, 15) is 9.18 Å². The van der Waals surface area contributed by atoms with Crippen LogP contribution in [0.25, 0.3) is 0 Å². The van der Waals surface area contributed by atoms with E-state index < -0.39 is 0 Å². The van der Waals surface area contributed by atoms with Gasteiger partial charge < -0.3 is 24.1 Å². The summed E-state index contributed by atoms with van der Waals surface area (Å²) in [7, 11) is 0. The summed E-state index contributed by atoms with van der Waals surface area (Å²) in [6.45, 7) is 2.96. The number of hydrogen-bond acceptors (Lipinski definition) is 6. The van der Waals surface area contributed by atoms with E-state index in [4.69, 9.17) is 18.7 Å². The van der Waals surface area contributed by atoms with Gasteiger partial charge in [0.1, 0.15) is 31.4 Å². The van der Waals surface area contributed by atoms with Crippen LogP contribution in [0.2, 0.25) is 0 Å². The number of aromatic nitrogens is 1. The van der Waals surface area contributed by atoms with Crippen molar-refractivity contribution in [1.82, 2.24) is 10.5 Å². The Hall–Kier alpha value is -3.55. The van der Waals surface area contributed by atoms with Crippen LogP contribution in [0.1, 0.15) is 34.8 Å². The number of nitrogens with one attached hydrogen (secondary N) is 1. The lowest BCUT2D eigenvalue weighted by Crippen LogP contribution is -2.27. The molecule has 1 atom stereocenters.